The van der Waals surface area contributed by atoms with Crippen LogP contribution < -0.4 is 11.1 Å². The highest BCUT2D eigenvalue weighted by atomic mass is 19.1. The van der Waals surface area contributed by atoms with Gasteiger partial charge in [0.05, 0.1) is 0 Å². The Hall–Kier alpha value is -1.45. The van der Waals surface area contributed by atoms with E-state index in [2.05, 4.69) is 5.32 Å². The largest absolute Gasteiger partial charge is 0.472 e. The lowest BCUT2D eigenvalue weighted by molar-refractivity contribution is 0.0186. The van der Waals surface area contributed by atoms with Crippen molar-refractivity contribution < 1.29 is 9.13 Å². The third-order valence-corrected chi connectivity index (χ3v) is 2.82. The SMILES string of the molecule is CC1=C(OC2NC=CCC2F)CCC(N)=C1. The van der Waals surface area contributed by atoms with Crippen LogP contribution in [0, 0.1) is 0 Å². The van der Waals surface area contributed by atoms with Gasteiger partial charge in [0.25, 0.3) is 0 Å². The van der Waals surface area contributed by atoms with E-state index in [1.165, 1.54) is 0 Å². The van der Waals surface area contributed by atoms with Crippen molar-refractivity contribution >= 4 is 0 Å². The molecule has 1 aliphatic carbocycles. The van der Waals surface area contributed by atoms with E-state index in [-0.39, 0.29) is 0 Å². The molecule has 0 radical (unpaired) electrons. The number of rotatable bonds is 2. The van der Waals surface area contributed by atoms with Gasteiger partial charge in [-0.3, -0.25) is 0 Å². The summed E-state index contributed by atoms with van der Waals surface area (Å²) in [6.45, 7) is 1.94. The minimum absolute atomic E-state index is 0.405. The average molecular weight is 224 g/mol. The Bertz CT molecular complexity index is 360. The number of nitrogens with one attached hydrogen (secondary N) is 1. The van der Waals surface area contributed by atoms with Crippen LogP contribution in [0.1, 0.15) is 26.2 Å². The molecule has 2 rings (SSSR count). The normalized spacial score (nSPS) is 29.8. The minimum atomic E-state index is -0.992. The van der Waals surface area contributed by atoms with Crippen LogP contribution in [-0.4, -0.2) is 12.4 Å². The molecule has 1 aliphatic heterocycles. The molecule has 0 aromatic rings. The maximum absolute atomic E-state index is 13.5. The van der Waals surface area contributed by atoms with Crippen LogP contribution in [0.2, 0.25) is 0 Å². The predicted octanol–water partition coefficient (Wildman–Crippen LogP) is 2.08. The van der Waals surface area contributed by atoms with E-state index in [1.54, 1.807) is 12.3 Å². The zero-order valence-electron chi connectivity index (χ0n) is 9.37. The molecule has 0 spiro atoms. The first kappa shape index (κ1) is 11.0. The van der Waals surface area contributed by atoms with Crippen molar-refractivity contribution in [3.8, 4) is 0 Å². The topological polar surface area (TPSA) is 47.3 Å². The zero-order valence-corrected chi connectivity index (χ0v) is 9.37. The van der Waals surface area contributed by atoms with Crippen molar-refractivity contribution in [3.63, 3.8) is 0 Å². The Kier molecular flexibility index (Phi) is 3.17. The van der Waals surface area contributed by atoms with Crippen LogP contribution >= 0.6 is 0 Å². The monoisotopic (exact) mass is 224 g/mol. The van der Waals surface area contributed by atoms with Crippen LogP contribution in [-0.2, 0) is 4.74 Å². The summed E-state index contributed by atoms with van der Waals surface area (Å²) in [6.07, 6.45) is 5.78. The molecule has 0 saturated heterocycles. The first-order valence-corrected chi connectivity index (χ1v) is 5.54. The summed E-state index contributed by atoms with van der Waals surface area (Å²) in [5.41, 5.74) is 7.57. The lowest BCUT2D eigenvalue weighted by Gasteiger charge is -2.28. The van der Waals surface area contributed by atoms with Gasteiger partial charge in [0.15, 0.2) is 6.17 Å². The molecule has 4 heteroatoms. The third-order valence-electron chi connectivity index (χ3n) is 2.82. The van der Waals surface area contributed by atoms with E-state index in [1.807, 2.05) is 13.0 Å². The average Bonchev–Trinajstić information content (AvgIpc) is 2.25. The molecule has 0 aromatic carbocycles. The number of hydrogen-bond acceptors (Lipinski definition) is 3. The van der Waals surface area contributed by atoms with Gasteiger partial charge in [0.2, 0.25) is 6.23 Å². The smallest absolute Gasteiger partial charge is 0.200 e. The Morgan fingerprint density at radius 1 is 1.50 bits per heavy atom. The molecule has 1 heterocycles. The quantitative estimate of drug-likeness (QED) is 0.755. The van der Waals surface area contributed by atoms with Crippen LogP contribution in [0.4, 0.5) is 4.39 Å². The first-order valence-electron chi connectivity index (χ1n) is 5.54. The second kappa shape index (κ2) is 4.60. The van der Waals surface area contributed by atoms with Gasteiger partial charge in [-0.25, -0.2) is 4.39 Å². The van der Waals surface area contributed by atoms with E-state index in [9.17, 15) is 4.39 Å². The molecule has 2 unspecified atom stereocenters. The second-order valence-corrected chi connectivity index (χ2v) is 4.18. The van der Waals surface area contributed by atoms with Crippen LogP contribution in [0.5, 0.6) is 0 Å². The zero-order chi connectivity index (χ0) is 11.5. The van der Waals surface area contributed by atoms with Gasteiger partial charge in [0, 0.05) is 18.5 Å². The van der Waals surface area contributed by atoms with Gasteiger partial charge < -0.3 is 15.8 Å². The Balaban J connectivity index is 2.04. The molecule has 0 bridgehead atoms. The maximum atomic E-state index is 13.5. The fraction of sp³-hybridized carbons (Fsp3) is 0.500. The Morgan fingerprint density at radius 2 is 2.31 bits per heavy atom. The highest BCUT2D eigenvalue weighted by Gasteiger charge is 2.25. The fourth-order valence-corrected chi connectivity index (χ4v) is 1.89. The van der Waals surface area contributed by atoms with E-state index in [0.29, 0.717) is 6.42 Å². The molecule has 0 fully saturated rings. The molecule has 2 atom stereocenters. The Labute approximate surface area is 94.8 Å². The van der Waals surface area contributed by atoms with Crippen molar-refractivity contribution in [2.24, 2.45) is 5.73 Å². The van der Waals surface area contributed by atoms with E-state index in [0.717, 1.165) is 29.9 Å². The second-order valence-electron chi connectivity index (χ2n) is 4.18. The lowest BCUT2D eigenvalue weighted by Crippen LogP contribution is -2.39. The van der Waals surface area contributed by atoms with Crippen LogP contribution in [0.3, 0.4) is 0 Å². The van der Waals surface area contributed by atoms with Gasteiger partial charge in [-0.1, -0.05) is 6.08 Å². The molecule has 0 amide bonds. The molecular formula is C12H17FN2O. The summed E-state index contributed by atoms with van der Waals surface area (Å²) in [7, 11) is 0. The van der Waals surface area contributed by atoms with Gasteiger partial charge >= 0.3 is 0 Å². The highest BCUT2D eigenvalue weighted by molar-refractivity contribution is 5.28. The molecule has 3 N–H and O–H groups in total. The summed E-state index contributed by atoms with van der Waals surface area (Å²) < 4.78 is 19.2. The maximum Gasteiger partial charge on any atom is 0.200 e. The molecule has 0 saturated carbocycles. The molecule has 0 aromatic heterocycles. The fourth-order valence-electron chi connectivity index (χ4n) is 1.89. The number of ether oxygens (including phenoxy) is 1. The molecule has 3 nitrogen and oxygen atoms in total. The van der Waals surface area contributed by atoms with Crippen molar-refractivity contribution in [1.29, 1.82) is 0 Å². The van der Waals surface area contributed by atoms with E-state index in [4.69, 9.17) is 10.5 Å². The number of allylic oxidation sites excluding steroid dienone is 5. The number of alkyl halides is 1. The van der Waals surface area contributed by atoms with Gasteiger partial charge in [-0.2, -0.15) is 0 Å². The number of hydrogen-bond donors (Lipinski definition) is 2. The van der Waals surface area contributed by atoms with Crippen molar-refractivity contribution in [2.75, 3.05) is 0 Å². The standard InChI is InChI=1S/C12H17FN2O/c1-8-7-9(14)4-5-11(8)16-12-10(13)3-2-6-15-12/h2,6-7,10,12,15H,3-5,14H2,1H3. The Morgan fingerprint density at radius 3 is 3.00 bits per heavy atom. The molecule has 88 valence electrons. The van der Waals surface area contributed by atoms with Crippen molar-refractivity contribution in [1.82, 2.24) is 5.32 Å². The molecular weight excluding hydrogens is 207 g/mol. The minimum Gasteiger partial charge on any atom is -0.472 e. The van der Waals surface area contributed by atoms with Gasteiger partial charge in [0.1, 0.15) is 5.76 Å². The summed E-state index contributed by atoms with van der Waals surface area (Å²) in [4.78, 5) is 0. The predicted molar refractivity (Wildman–Crippen MR) is 60.9 cm³/mol. The van der Waals surface area contributed by atoms with Gasteiger partial charge in [-0.05, 0) is 31.2 Å². The van der Waals surface area contributed by atoms with Crippen molar-refractivity contribution in [3.05, 3.63) is 35.4 Å². The molecule has 16 heavy (non-hydrogen) atoms. The lowest BCUT2D eigenvalue weighted by atomic mass is 10.0. The van der Waals surface area contributed by atoms with E-state index < -0.39 is 12.4 Å². The number of nitrogens with two attached hydrogens (primary N) is 1. The summed E-state index contributed by atoms with van der Waals surface area (Å²) >= 11 is 0. The van der Waals surface area contributed by atoms with Crippen LogP contribution in [0.15, 0.2) is 35.4 Å². The summed E-state index contributed by atoms with van der Waals surface area (Å²) in [6, 6.07) is 0. The van der Waals surface area contributed by atoms with Gasteiger partial charge in [-0.15, -0.1) is 0 Å². The molecule has 2 aliphatic rings. The highest BCUT2D eigenvalue weighted by Crippen LogP contribution is 2.25. The summed E-state index contributed by atoms with van der Waals surface area (Å²) in [5, 5.41) is 2.88. The van der Waals surface area contributed by atoms with E-state index >= 15 is 0 Å². The number of halogens is 1. The van der Waals surface area contributed by atoms with Crippen molar-refractivity contribution in [2.45, 2.75) is 38.6 Å². The van der Waals surface area contributed by atoms with Crippen LogP contribution in [0.25, 0.3) is 0 Å². The third kappa shape index (κ3) is 2.38. The first-order chi connectivity index (χ1) is 7.66. The summed E-state index contributed by atoms with van der Waals surface area (Å²) in [5.74, 6) is 0.838.